The molecular formula is C25H19F3N4O3S. The van der Waals surface area contributed by atoms with E-state index in [0.29, 0.717) is 24.1 Å². The van der Waals surface area contributed by atoms with Crippen molar-refractivity contribution in [1.29, 1.82) is 0 Å². The summed E-state index contributed by atoms with van der Waals surface area (Å²) in [6.45, 7) is 0.00312. The molecule has 4 amide bonds. The highest BCUT2D eigenvalue weighted by molar-refractivity contribution is 8.00. The molecule has 2 aliphatic rings. The summed E-state index contributed by atoms with van der Waals surface area (Å²) in [4.78, 5) is 46.0. The molecule has 1 aromatic heterocycles. The fraction of sp³-hybridized carbons (Fsp3) is 0.200. The van der Waals surface area contributed by atoms with Crippen LogP contribution in [0.5, 0.6) is 0 Å². The number of alkyl halides is 3. The largest absolute Gasteiger partial charge is 0.446 e. The van der Waals surface area contributed by atoms with Gasteiger partial charge in [0.15, 0.2) is 0 Å². The average molecular weight is 513 g/mol. The van der Waals surface area contributed by atoms with Gasteiger partial charge in [-0.2, -0.15) is 13.2 Å². The molecule has 11 heteroatoms. The van der Waals surface area contributed by atoms with Crippen molar-refractivity contribution in [2.75, 3.05) is 10.2 Å². The van der Waals surface area contributed by atoms with Gasteiger partial charge in [-0.1, -0.05) is 18.2 Å². The zero-order valence-electron chi connectivity index (χ0n) is 18.7. The second-order valence-corrected chi connectivity index (χ2v) is 9.57. The fourth-order valence-electron chi connectivity index (χ4n) is 4.22. The Labute approximate surface area is 208 Å². The number of amides is 4. The van der Waals surface area contributed by atoms with E-state index in [1.165, 1.54) is 41.6 Å². The van der Waals surface area contributed by atoms with Gasteiger partial charge in [0.1, 0.15) is 5.54 Å². The number of para-hydroxylation sites is 1. The van der Waals surface area contributed by atoms with Gasteiger partial charge in [0.05, 0.1) is 11.3 Å². The van der Waals surface area contributed by atoms with Gasteiger partial charge in [-0.15, -0.1) is 0 Å². The first kappa shape index (κ1) is 23.9. The van der Waals surface area contributed by atoms with Crippen LogP contribution in [-0.4, -0.2) is 38.8 Å². The highest BCUT2D eigenvalue weighted by Crippen LogP contribution is 2.50. The number of nitrogens with one attached hydrogen (secondary N) is 1. The van der Waals surface area contributed by atoms with E-state index >= 15 is 0 Å². The van der Waals surface area contributed by atoms with Gasteiger partial charge in [-0.05, 0) is 72.6 Å². The maximum Gasteiger partial charge on any atom is 0.446 e. The van der Waals surface area contributed by atoms with Gasteiger partial charge < -0.3 is 10.2 Å². The van der Waals surface area contributed by atoms with Crippen LogP contribution in [0.3, 0.4) is 0 Å². The number of urea groups is 1. The standard InChI is InChI=1S/C25H19F3N4O3S/c26-25(27,28)36-19-8-6-18(7-9-19)32-22(34)24(11-12-24)31(23(32)35)15-16-10-13-29-14-20(16)21(33)30-17-4-2-1-3-5-17/h1-10,13-14H,11-12,15H2,(H,30,33). The summed E-state index contributed by atoms with van der Waals surface area (Å²) >= 11 is -0.270. The van der Waals surface area contributed by atoms with Crippen LogP contribution in [0, 0.1) is 0 Å². The molecule has 0 radical (unpaired) electrons. The number of rotatable bonds is 6. The van der Waals surface area contributed by atoms with Crippen LogP contribution in [0.4, 0.5) is 29.3 Å². The number of benzene rings is 2. The van der Waals surface area contributed by atoms with E-state index < -0.39 is 28.9 Å². The number of hydrogen-bond acceptors (Lipinski definition) is 5. The minimum Gasteiger partial charge on any atom is -0.322 e. The van der Waals surface area contributed by atoms with Crippen LogP contribution in [0.15, 0.2) is 78.0 Å². The first-order valence-electron chi connectivity index (χ1n) is 11.0. The van der Waals surface area contributed by atoms with Gasteiger partial charge in [0.2, 0.25) is 0 Å². The van der Waals surface area contributed by atoms with Crippen LogP contribution in [0.2, 0.25) is 0 Å². The van der Waals surface area contributed by atoms with Crippen molar-refractivity contribution in [2.45, 2.75) is 35.3 Å². The molecule has 0 unspecified atom stereocenters. The predicted octanol–water partition coefficient (Wildman–Crippen LogP) is 5.45. The molecule has 2 heterocycles. The third kappa shape index (κ3) is 4.53. The summed E-state index contributed by atoms with van der Waals surface area (Å²) in [5.41, 5.74) is -3.88. The van der Waals surface area contributed by atoms with Crippen LogP contribution in [-0.2, 0) is 11.3 Å². The molecule has 1 spiro atoms. The van der Waals surface area contributed by atoms with Crippen molar-refractivity contribution in [3.63, 3.8) is 0 Å². The topological polar surface area (TPSA) is 82.6 Å². The van der Waals surface area contributed by atoms with Crippen LogP contribution in [0.1, 0.15) is 28.8 Å². The van der Waals surface area contributed by atoms with Gasteiger partial charge in [-0.25, -0.2) is 9.69 Å². The lowest BCUT2D eigenvalue weighted by atomic mass is 10.1. The lowest BCUT2D eigenvalue weighted by Crippen LogP contribution is -2.37. The minimum atomic E-state index is -4.44. The Kier molecular flexibility index (Phi) is 5.95. The minimum absolute atomic E-state index is 0.00312. The molecule has 3 aromatic rings. The highest BCUT2D eigenvalue weighted by Gasteiger charge is 2.65. The van der Waals surface area contributed by atoms with Crippen molar-refractivity contribution in [2.24, 2.45) is 0 Å². The Morgan fingerprint density at radius 3 is 2.36 bits per heavy atom. The summed E-state index contributed by atoms with van der Waals surface area (Å²) < 4.78 is 38.0. The first-order chi connectivity index (χ1) is 17.2. The van der Waals surface area contributed by atoms with Crippen molar-refractivity contribution in [3.05, 3.63) is 84.2 Å². The molecule has 1 N–H and O–H groups in total. The number of pyridine rings is 1. The van der Waals surface area contributed by atoms with Crippen LogP contribution >= 0.6 is 11.8 Å². The number of carbonyl (C=O) groups is 3. The Bertz CT molecular complexity index is 1330. The summed E-state index contributed by atoms with van der Waals surface area (Å²) in [5.74, 6) is -0.824. The monoisotopic (exact) mass is 512 g/mol. The molecule has 1 saturated heterocycles. The number of aromatic nitrogens is 1. The van der Waals surface area contributed by atoms with Crippen molar-refractivity contribution < 1.29 is 27.6 Å². The van der Waals surface area contributed by atoms with Gasteiger partial charge in [0.25, 0.3) is 11.8 Å². The van der Waals surface area contributed by atoms with Crippen LogP contribution < -0.4 is 10.2 Å². The lowest BCUT2D eigenvalue weighted by Gasteiger charge is -2.22. The normalized spacial score (nSPS) is 16.5. The molecule has 0 atom stereocenters. The van der Waals surface area contributed by atoms with Crippen molar-refractivity contribution in [3.8, 4) is 0 Å². The van der Waals surface area contributed by atoms with E-state index in [9.17, 15) is 27.6 Å². The zero-order chi connectivity index (χ0) is 25.5. The first-order valence-corrected chi connectivity index (χ1v) is 11.8. The van der Waals surface area contributed by atoms with Crippen LogP contribution in [0.25, 0.3) is 0 Å². The number of hydrogen-bond donors (Lipinski definition) is 1. The third-order valence-corrected chi connectivity index (χ3v) is 6.85. The summed E-state index contributed by atoms with van der Waals surface area (Å²) in [5, 5.41) is 2.79. The molecule has 36 heavy (non-hydrogen) atoms. The number of nitrogens with zero attached hydrogens (tertiary/aromatic N) is 3. The molecule has 1 saturated carbocycles. The van der Waals surface area contributed by atoms with E-state index in [-0.39, 0.29) is 34.5 Å². The second-order valence-electron chi connectivity index (χ2n) is 8.44. The molecule has 5 rings (SSSR count). The molecule has 0 bridgehead atoms. The molecule has 1 aliphatic heterocycles. The quantitative estimate of drug-likeness (QED) is 0.351. The number of halogens is 3. The van der Waals surface area contributed by atoms with E-state index in [2.05, 4.69) is 10.3 Å². The van der Waals surface area contributed by atoms with Crippen molar-refractivity contribution >= 4 is 41.0 Å². The third-order valence-electron chi connectivity index (χ3n) is 6.11. The maximum absolute atomic E-state index is 13.4. The molecule has 7 nitrogen and oxygen atoms in total. The SMILES string of the molecule is O=C(Nc1ccccc1)c1cnccc1CN1C(=O)N(c2ccc(SC(F)(F)F)cc2)C(=O)C12CC2. The Hall–Kier alpha value is -3.86. The Morgan fingerprint density at radius 1 is 1.03 bits per heavy atom. The summed E-state index contributed by atoms with van der Waals surface area (Å²) in [7, 11) is 0. The molecule has 184 valence electrons. The van der Waals surface area contributed by atoms with Gasteiger partial charge in [-0.3, -0.25) is 14.6 Å². The Balaban J connectivity index is 1.39. The van der Waals surface area contributed by atoms with E-state index in [0.717, 1.165) is 4.90 Å². The predicted molar refractivity (Wildman–Crippen MR) is 127 cm³/mol. The average Bonchev–Trinajstić information content (AvgIpc) is 3.62. The van der Waals surface area contributed by atoms with E-state index in [4.69, 9.17) is 0 Å². The number of anilines is 2. The summed E-state index contributed by atoms with van der Waals surface area (Å²) in [6.07, 6.45) is 3.84. The van der Waals surface area contributed by atoms with E-state index in [1.807, 2.05) is 6.07 Å². The molecule has 1 aliphatic carbocycles. The molecular weight excluding hydrogens is 493 g/mol. The Morgan fingerprint density at radius 2 is 1.72 bits per heavy atom. The molecule has 2 aromatic carbocycles. The summed E-state index contributed by atoms with van der Waals surface area (Å²) in [6, 6.07) is 15.0. The molecule has 2 fully saturated rings. The van der Waals surface area contributed by atoms with Crippen molar-refractivity contribution in [1.82, 2.24) is 9.88 Å². The fourth-order valence-corrected chi connectivity index (χ4v) is 4.76. The highest BCUT2D eigenvalue weighted by atomic mass is 32.2. The van der Waals surface area contributed by atoms with Gasteiger partial charge >= 0.3 is 11.5 Å². The number of thioether (sulfide) groups is 1. The van der Waals surface area contributed by atoms with Gasteiger partial charge in [0, 0.05) is 29.5 Å². The smallest absolute Gasteiger partial charge is 0.322 e. The maximum atomic E-state index is 13.4. The zero-order valence-corrected chi connectivity index (χ0v) is 19.5. The number of carbonyl (C=O) groups excluding carboxylic acids is 3. The second kappa shape index (κ2) is 8.98. The lowest BCUT2D eigenvalue weighted by molar-refractivity contribution is -0.120. The number of imide groups is 1. The van der Waals surface area contributed by atoms with E-state index in [1.54, 1.807) is 30.3 Å².